The van der Waals surface area contributed by atoms with E-state index in [-0.39, 0.29) is 17.6 Å². The van der Waals surface area contributed by atoms with Gasteiger partial charge in [0.1, 0.15) is 11.6 Å². The summed E-state index contributed by atoms with van der Waals surface area (Å²) in [5.74, 6) is -0.321. The molecule has 1 unspecified atom stereocenters. The number of hydrogen-bond acceptors (Lipinski definition) is 2. The Morgan fingerprint density at radius 1 is 1.26 bits per heavy atom. The lowest BCUT2D eigenvalue weighted by atomic mass is 10.1. The third-order valence-electron chi connectivity index (χ3n) is 2.76. The predicted molar refractivity (Wildman–Crippen MR) is 84.3 cm³/mol. The minimum atomic E-state index is -0.379. The van der Waals surface area contributed by atoms with Crippen molar-refractivity contribution in [2.45, 2.75) is 13.0 Å². The molecule has 1 atom stereocenters. The summed E-state index contributed by atoms with van der Waals surface area (Å²) >= 11 is 8.30. The lowest BCUT2D eigenvalue weighted by Gasteiger charge is -2.18. The summed E-state index contributed by atoms with van der Waals surface area (Å²) in [4.78, 5) is 0. The van der Waals surface area contributed by atoms with E-state index in [4.69, 9.17) is 11.6 Å². The number of hydrogen-bond donors (Lipinski definition) is 2. The Bertz CT molecular complexity index is 606. The van der Waals surface area contributed by atoms with Gasteiger partial charge in [-0.2, -0.15) is 0 Å². The highest BCUT2D eigenvalue weighted by Crippen LogP contribution is 2.31. The minimum absolute atomic E-state index is 0.0584. The van der Waals surface area contributed by atoms with Crippen LogP contribution in [-0.2, 0) is 0 Å². The van der Waals surface area contributed by atoms with Crippen LogP contribution in [0.25, 0.3) is 0 Å². The summed E-state index contributed by atoms with van der Waals surface area (Å²) in [5.41, 5.74) is 1.24. The Kier molecular flexibility index (Phi) is 4.52. The molecule has 0 heterocycles. The molecule has 0 aromatic heterocycles. The SMILES string of the molecule is CC(Nc1ccc(I)cc1Cl)c1cc(F)ccc1O. The van der Waals surface area contributed by atoms with E-state index < -0.39 is 0 Å². The molecule has 2 N–H and O–H groups in total. The quantitative estimate of drug-likeness (QED) is 0.725. The second-order valence-corrected chi connectivity index (χ2v) is 5.85. The molecule has 0 saturated carbocycles. The van der Waals surface area contributed by atoms with Gasteiger partial charge in [0.05, 0.1) is 16.8 Å². The van der Waals surface area contributed by atoms with Crippen LogP contribution in [0.4, 0.5) is 10.1 Å². The van der Waals surface area contributed by atoms with Crippen LogP contribution in [-0.4, -0.2) is 5.11 Å². The normalized spacial score (nSPS) is 12.2. The highest BCUT2D eigenvalue weighted by molar-refractivity contribution is 14.1. The Balaban J connectivity index is 2.25. The van der Waals surface area contributed by atoms with Crippen molar-refractivity contribution in [3.8, 4) is 5.75 Å². The van der Waals surface area contributed by atoms with E-state index in [0.29, 0.717) is 10.6 Å². The van der Waals surface area contributed by atoms with Crippen molar-refractivity contribution in [1.82, 2.24) is 0 Å². The van der Waals surface area contributed by atoms with Crippen molar-refractivity contribution in [3.63, 3.8) is 0 Å². The first-order valence-corrected chi connectivity index (χ1v) is 7.13. The molecule has 0 saturated heterocycles. The van der Waals surface area contributed by atoms with E-state index in [0.717, 1.165) is 9.26 Å². The molecule has 0 aliphatic heterocycles. The molecule has 0 aliphatic rings. The van der Waals surface area contributed by atoms with Crippen molar-refractivity contribution in [2.24, 2.45) is 0 Å². The molecule has 0 radical (unpaired) electrons. The van der Waals surface area contributed by atoms with Gasteiger partial charge in [-0.05, 0) is 65.9 Å². The van der Waals surface area contributed by atoms with Crippen LogP contribution in [0.2, 0.25) is 5.02 Å². The molecule has 2 nitrogen and oxygen atoms in total. The van der Waals surface area contributed by atoms with Gasteiger partial charge < -0.3 is 10.4 Å². The van der Waals surface area contributed by atoms with E-state index in [9.17, 15) is 9.50 Å². The number of halogens is 3. The van der Waals surface area contributed by atoms with Crippen LogP contribution in [0.5, 0.6) is 5.75 Å². The zero-order valence-corrected chi connectivity index (χ0v) is 13.0. The summed E-state index contributed by atoms with van der Waals surface area (Å²) < 4.78 is 14.2. The van der Waals surface area contributed by atoms with Gasteiger partial charge >= 0.3 is 0 Å². The average Bonchev–Trinajstić information content (AvgIpc) is 2.35. The van der Waals surface area contributed by atoms with Crippen LogP contribution in [0, 0.1) is 9.39 Å². The van der Waals surface area contributed by atoms with Gasteiger partial charge in [-0.3, -0.25) is 0 Å². The van der Waals surface area contributed by atoms with E-state index in [1.807, 2.05) is 25.1 Å². The molecule has 2 rings (SSSR count). The monoisotopic (exact) mass is 391 g/mol. The largest absolute Gasteiger partial charge is 0.508 e. The van der Waals surface area contributed by atoms with E-state index in [1.54, 1.807) is 0 Å². The smallest absolute Gasteiger partial charge is 0.123 e. The molecular formula is C14H12ClFINO. The van der Waals surface area contributed by atoms with Gasteiger partial charge in [0, 0.05) is 9.13 Å². The molecule has 0 spiro atoms. The lowest BCUT2D eigenvalue weighted by molar-refractivity contribution is 0.462. The van der Waals surface area contributed by atoms with E-state index in [1.165, 1.54) is 18.2 Å². The standard InChI is InChI=1S/C14H12ClFINO/c1-8(11-6-9(16)2-5-14(11)19)18-13-4-3-10(17)7-12(13)15/h2-8,18-19H,1H3. The number of rotatable bonds is 3. The third-order valence-corrected chi connectivity index (χ3v) is 3.74. The van der Waals surface area contributed by atoms with Crippen molar-refractivity contribution < 1.29 is 9.50 Å². The summed E-state index contributed by atoms with van der Waals surface area (Å²) in [6.07, 6.45) is 0. The number of anilines is 1. The number of benzene rings is 2. The lowest BCUT2D eigenvalue weighted by Crippen LogP contribution is -2.07. The van der Waals surface area contributed by atoms with Crippen molar-refractivity contribution in [1.29, 1.82) is 0 Å². The second kappa shape index (κ2) is 5.96. The minimum Gasteiger partial charge on any atom is -0.508 e. The number of nitrogens with one attached hydrogen (secondary N) is 1. The van der Waals surface area contributed by atoms with Crippen LogP contribution >= 0.6 is 34.2 Å². The van der Waals surface area contributed by atoms with Crippen molar-refractivity contribution in [3.05, 3.63) is 56.4 Å². The molecule has 0 fully saturated rings. The zero-order chi connectivity index (χ0) is 14.0. The van der Waals surface area contributed by atoms with Crippen molar-refractivity contribution >= 4 is 39.9 Å². The van der Waals surface area contributed by atoms with Gasteiger partial charge in [0.25, 0.3) is 0 Å². The maximum absolute atomic E-state index is 13.2. The fourth-order valence-electron chi connectivity index (χ4n) is 1.79. The fourth-order valence-corrected chi connectivity index (χ4v) is 2.70. The predicted octanol–water partition coefficient (Wildman–Crippen LogP) is 4.96. The first-order valence-electron chi connectivity index (χ1n) is 5.67. The molecule has 100 valence electrons. The van der Waals surface area contributed by atoms with Crippen LogP contribution in [0.15, 0.2) is 36.4 Å². The third kappa shape index (κ3) is 3.51. The molecule has 2 aromatic carbocycles. The maximum atomic E-state index is 13.2. The first-order chi connectivity index (χ1) is 8.97. The molecule has 19 heavy (non-hydrogen) atoms. The molecule has 0 amide bonds. The van der Waals surface area contributed by atoms with Gasteiger partial charge in [0.15, 0.2) is 0 Å². The van der Waals surface area contributed by atoms with Crippen LogP contribution in [0.1, 0.15) is 18.5 Å². The van der Waals surface area contributed by atoms with Crippen molar-refractivity contribution in [2.75, 3.05) is 5.32 Å². The Morgan fingerprint density at radius 2 is 2.00 bits per heavy atom. The average molecular weight is 392 g/mol. The fraction of sp³-hybridized carbons (Fsp3) is 0.143. The molecule has 2 aromatic rings. The molecule has 5 heteroatoms. The summed E-state index contributed by atoms with van der Waals surface area (Å²) in [7, 11) is 0. The van der Waals surface area contributed by atoms with Gasteiger partial charge in [-0.1, -0.05) is 11.6 Å². The number of phenols is 1. The zero-order valence-electron chi connectivity index (χ0n) is 10.1. The van der Waals surface area contributed by atoms with Gasteiger partial charge in [-0.15, -0.1) is 0 Å². The summed E-state index contributed by atoms with van der Waals surface area (Å²) in [6, 6.07) is 9.25. The molecule has 0 bridgehead atoms. The van der Waals surface area contributed by atoms with Crippen LogP contribution < -0.4 is 5.32 Å². The summed E-state index contributed by atoms with van der Waals surface area (Å²) in [5, 5.41) is 13.5. The number of phenolic OH excluding ortho intramolecular Hbond substituents is 1. The highest BCUT2D eigenvalue weighted by Gasteiger charge is 2.12. The van der Waals surface area contributed by atoms with E-state index >= 15 is 0 Å². The van der Waals surface area contributed by atoms with Crippen LogP contribution in [0.3, 0.4) is 0 Å². The maximum Gasteiger partial charge on any atom is 0.123 e. The Hall–Kier alpha value is -1.01. The topological polar surface area (TPSA) is 32.3 Å². The summed E-state index contributed by atoms with van der Waals surface area (Å²) in [6.45, 7) is 1.84. The number of aromatic hydroxyl groups is 1. The highest BCUT2D eigenvalue weighted by atomic mass is 127. The molecular weight excluding hydrogens is 380 g/mol. The van der Waals surface area contributed by atoms with E-state index in [2.05, 4.69) is 27.9 Å². The Morgan fingerprint density at radius 3 is 2.68 bits per heavy atom. The Labute approximate surface area is 129 Å². The van der Waals surface area contributed by atoms with Gasteiger partial charge in [-0.25, -0.2) is 4.39 Å². The second-order valence-electron chi connectivity index (χ2n) is 4.19. The molecule has 0 aliphatic carbocycles. The first kappa shape index (κ1) is 14.4. The van der Waals surface area contributed by atoms with Gasteiger partial charge in [0.2, 0.25) is 0 Å².